The maximum absolute atomic E-state index is 10.7. The van der Waals surface area contributed by atoms with E-state index in [9.17, 15) is 9.90 Å². The van der Waals surface area contributed by atoms with E-state index >= 15 is 0 Å². The van der Waals surface area contributed by atoms with Gasteiger partial charge < -0.3 is 15.5 Å². The molecule has 0 saturated heterocycles. The van der Waals surface area contributed by atoms with Gasteiger partial charge in [0.25, 0.3) is 0 Å². The molecule has 1 fully saturated rings. The minimum atomic E-state index is -0.740. The van der Waals surface area contributed by atoms with Crippen LogP contribution >= 0.6 is 0 Å². The van der Waals surface area contributed by atoms with Crippen LogP contribution in [-0.2, 0) is 4.79 Å². The van der Waals surface area contributed by atoms with E-state index in [-0.39, 0.29) is 5.92 Å². The molecule has 1 aliphatic rings. The number of carboxylic acid groups (broad SMARTS) is 1. The van der Waals surface area contributed by atoms with E-state index in [1.54, 1.807) is 6.08 Å². The van der Waals surface area contributed by atoms with Gasteiger partial charge in [-0.3, -0.25) is 4.79 Å². The average Bonchev–Trinajstić information content (AvgIpc) is 2.18. The van der Waals surface area contributed by atoms with Crippen LogP contribution in [0.3, 0.4) is 0 Å². The van der Waals surface area contributed by atoms with Gasteiger partial charge >= 0.3 is 5.97 Å². The Hall–Kier alpha value is -0.870. The fourth-order valence-corrected chi connectivity index (χ4v) is 1.99. The minimum absolute atomic E-state index is 0.273. The van der Waals surface area contributed by atoms with Crippen molar-refractivity contribution in [2.24, 2.45) is 5.92 Å². The van der Waals surface area contributed by atoms with Crippen molar-refractivity contribution >= 4 is 5.97 Å². The maximum Gasteiger partial charge on any atom is 0.306 e. The Morgan fingerprint density at radius 1 is 1.53 bits per heavy atom. The van der Waals surface area contributed by atoms with Crippen molar-refractivity contribution in [2.45, 2.75) is 31.3 Å². The SMILES string of the molecule is C=CCNCC1(O)CCC(C(=O)O)CC1. The van der Waals surface area contributed by atoms with Crippen molar-refractivity contribution in [3.8, 4) is 0 Å². The van der Waals surface area contributed by atoms with Crippen molar-refractivity contribution in [3.05, 3.63) is 12.7 Å². The van der Waals surface area contributed by atoms with Gasteiger partial charge in [-0.25, -0.2) is 0 Å². The van der Waals surface area contributed by atoms with Gasteiger partial charge in [0.2, 0.25) is 0 Å². The van der Waals surface area contributed by atoms with E-state index in [1.165, 1.54) is 0 Å². The summed E-state index contributed by atoms with van der Waals surface area (Å²) in [5.74, 6) is -1.01. The molecule has 0 radical (unpaired) electrons. The van der Waals surface area contributed by atoms with Gasteiger partial charge in [-0.1, -0.05) is 6.08 Å². The maximum atomic E-state index is 10.7. The third kappa shape index (κ3) is 3.64. The van der Waals surface area contributed by atoms with Crippen LogP contribution in [0.15, 0.2) is 12.7 Å². The van der Waals surface area contributed by atoms with Crippen LogP contribution in [0.25, 0.3) is 0 Å². The number of rotatable bonds is 5. The molecule has 0 aromatic rings. The second-order valence-electron chi connectivity index (χ2n) is 4.26. The first kappa shape index (κ1) is 12.2. The van der Waals surface area contributed by atoms with Crippen LogP contribution in [-0.4, -0.2) is 34.9 Å². The Balaban J connectivity index is 2.33. The number of carboxylic acids is 1. The van der Waals surface area contributed by atoms with Crippen molar-refractivity contribution in [1.82, 2.24) is 5.32 Å². The number of hydrogen-bond acceptors (Lipinski definition) is 3. The largest absolute Gasteiger partial charge is 0.481 e. The zero-order valence-electron chi connectivity index (χ0n) is 8.91. The molecule has 1 aliphatic carbocycles. The summed E-state index contributed by atoms with van der Waals surface area (Å²) in [6.07, 6.45) is 4.01. The Morgan fingerprint density at radius 3 is 2.60 bits per heavy atom. The van der Waals surface area contributed by atoms with Gasteiger partial charge in [-0.2, -0.15) is 0 Å². The highest BCUT2D eigenvalue weighted by Crippen LogP contribution is 2.31. The Labute approximate surface area is 90.0 Å². The Bertz CT molecular complexity index is 232. The molecular weight excluding hydrogens is 194 g/mol. The van der Waals surface area contributed by atoms with E-state index in [1.807, 2.05) is 0 Å². The first-order chi connectivity index (χ1) is 7.07. The number of carbonyl (C=O) groups is 1. The fraction of sp³-hybridized carbons (Fsp3) is 0.727. The molecule has 1 saturated carbocycles. The second-order valence-corrected chi connectivity index (χ2v) is 4.26. The quantitative estimate of drug-likeness (QED) is 0.466. The molecule has 0 unspecified atom stereocenters. The molecule has 1 rings (SSSR count). The third-order valence-corrected chi connectivity index (χ3v) is 3.01. The van der Waals surface area contributed by atoms with E-state index in [4.69, 9.17) is 5.11 Å². The van der Waals surface area contributed by atoms with Crippen LogP contribution in [0.4, 0.5) is 0 Å². The molecule has 15 heavy (non-hydrogen) atoms. The minimum Gasteiger partial charge on any atom is -0.481 e. The monoisotopic (exact) mass is 213 g/mol. The van der Waals surface area contributed by atoms with E-state index in [0.717, 1.165) is 0 Å². The first-order valence-corrected chi connectivity index (χ1v) is 5.34. The molecule has 0 bridgehead atoms. The zero-order chi connectivity index (χ0) is 11.3. The van der Waals surface area contributed by atoms with Crippen molar-refractivity contribution in [3.63, 3.8) is 0 Å². The van der Waals surface area contributed by atoms with E-state index < -0.39 is 11.6 Å². The molecule has 0 spiro atoms. The normalized spacial score (nSPS) is 31.1. The number of hydrogen-bond donors (Lipinski definition) is 3. The van der Waals surface area contributed by atoms with Gasteiger partial charge in [-0.05, 0) is 25.7 Å². The molecule has 0 aromatic heterocycles. The molecule has 0 aliphatic heterocycles. The van der Waals surface area contributed by atoms with Gasteiger partial charge in [0.1, 0.15) is 0 Å². The molecular formula is C11H19NO3. The van der Waals surface area contributed by atoms with Gasteiger partial charge in [-0.15, -0.1) is 6.58 Å². The highest BCUT2D eigenvalue weighted by Gasteiger charge is 2.35. The molecule has 4 heteroatoms. The Morgan fingerprint density at radius 2 is 2.13 bits per heavy atom. The summed E-state index contributed by atoms with van der Waals surface area (Å²) in [4.78, 5) is 10.7. The van der Waals surface area contributed by atoms with Gasteiger partial charge in [0.15, 0.2) is 0 Å². The van der Waals surface area contributed by atoms with Crippen molar-refractivity contribution in [1.29, 1.82) is 0 Å². The average molecular weight is 213 g/mol. The summed E-state index contributed by atoms with van der Waals surface area (Å²) in [6, 6.07) is 0. The molecule has 0 amide bonds. The summed E-state index contributed by atoms with van der Waals surface area (Å²) < 4.78 is 0. The smallest absolute Gasteiger partial charge is 0.306 e. The Kier molecular flexibility index (Phi) is 4.29. The van der Waals surface area contributed by atoms with Crippen LogP contribution in [0.2, 0.25) is 0 Å². The second kappa shape index (κ2) is 5.28. The lowest BCUT2D eigenvalue weighted by atomic mass is 9.79. The predicted octanol–water partition coefficient (Wildman–Crippen LogP) is 0.768. The summed E-state index contributed by atoms with van der Waals surface area (Å²) in [5, 5.41) is 22.0. The lowest BCUT2D eigenvalue weighted by Gasteiger charge is -2.34. The summed E-state index contributed by atoms with van der Waals surface area (Å²) in [5.41, 5.74) is -0.727. The third-order valence-electron chi connectivity index (χ3n) is 3.01. The highest BCUT2D eigenvalue weighted by atomic mass is 16.4. The molecule has 86 valence electrons. The van der Waals surface area contributed by atoms with Crippen LogP contribution in [0.5, 0.6) is 0 Å². The van der Waals surface area contributed by atoms with Crippen molar-refractivity contribution < 1.29 is 15.0 Å². The highest BCUT2D eigenvalue weighted by molar-refractivity contribution is 5.70. The van der Waals surface area contributed by atoms with Crippen LogP contribution < -0.4 is 5.32 Å². The number of aliphatic hydroxyl groups is 1. The van der Waals surface area contributed by atoms with Crippen molar-refractivity contribution in [2.75, 3.05) is 13.1 Å². The molecule has 0 aromatic carbocycles. The van der Waals surface area contributed by atoms with E-state index in [2.05, 4.69) is 11.9 Å². The molecule has 0 atom stereocenters. The first-order valence-electron chi connectivity index (χ1n) is 5.34. The lowest BCUT2D eigenvalue weighted by molar-refractivity contribution is -0.144. The molecule has 0 heterocycles. The molecule has 3 N–H and O–H groups in total. The zero-order valence-corrected chi connectivity index (χ0v) is 8.91. The van der Waals surface area contributed by atoms with Gasteiger partial charge in [0.05, 0.1) is 11.5 Å². The topological polar surface area (TPSA) is 69.6 Å². The summed E-state index contributed by atoms with van der Waals surface area (Å²) >= 11 is 0. The van der Waals surface area contributed by atoms with Crippen LogP contribution in [0, 0.1) is 5.92 Å². The lowest BCUT2D eigenvalue weighted by Crippen LogP contribution is -2.44. The number of aliphatic carboxylic acids is 1. The number of nitrogens with one attached hydrogen (secondary N) is 1. The standard InChI is InChI=1S/C11H19NO3/c1-2-7-12-8-11(15)5-3-9(4-6-11)10(13)14/h2,9,12,15H,1,3-8H2,(H,13,14). The molecule has 4 nitrogen and oxygen atoms in total. The summed E-state index contributed by atoms with van der Waals surface area (Å²) in [6.45, 7) is 4.77. The fourth-order valence-electron chi connectivity index (χ4n) is 1.99. The van der Waals surface area contributed by atoms with E-state index in [0.29, 0.717) is 38.8 Å². The van der Waals surface area contributed by atoms with Crippen LogP contribution in [0.1, 0.15) is 25.7 Å². The van der Waals surface area contributed by atoms with Gasteiger partial charge in [0, 0.05) is 13.1 Å². The predicted molar refractivity (Wildman–Crippen MR) is 57.6 cm³/mol. The summed E-state index contributed by atoms with van der Waals surface area (Å²) in [7, 11) is 0.